The fourth-order valence-corrected chi connectivity index (χ4v) is 4.00. The van der Waals surface area contributed by atoms with Gasteiger partial charge in [0.1, 0.15) is 23.4 Å². The van der Waals surface area contributed by atoms with E-state index in [0.29, 0.717) is 34.0 Å². The van der Waals surface area contributed by atoms with Crippen molar-refractivity contribution in [2.24, 2.45) is 5.92 Å². The zero-order valence-corrected chi connectivity index (χ0v) is 18.3. The highest BCUT2D eigenvalue weighted by atomic mass is 35.5. The molecule has 0 radical (unpaired) electrons. The van der Waals surface area contributed by atoms with Gasteiger partial charge >= 0.3 is 0 Å². The second-order valence-corrected chi connectivity index (χ2v) is 9.00. The first-order chi connectivity index (χ1) is 14.4. The van der Waals surface area contributed by atoms with E-state index >= 15 is 0 Å². The SMILES string of the molecule is CC(C)C[C@@H](C(=O)Nc1nc(C2CC2)ns1)n1cc(Oc2ccccc2Cl)cc1O. The molecule has 3 aromatic rings. The number of nitrogens with one attached hydrogen (secondary N) is 1. The van der Waals surface area contributed by atoms with Crippen LogP contribution < -0.4 is 10.1 Å². The Morgan fingerprint density at radius 1 is 1.40 bits per heavy atom. The first-order valence-electron chi connectivity index (χ1n) is 9.88. The zero-order valence-electron chi connectivity index (χ0n) is 16.7. The van der Waals surface area contributed by atoms with Crippen LogP contribution in [0.2, 0.25) is 5.02 Å². The quantitative estimate of drug-likeness (QED) is 0.470. The van der Waals surface area contributed by atoms with Crippen molar-refractivity contribution in [3.63, 3.8) is 0 Å². The van der Waals surface area contributed by atoms with Crippen LogP contribution in [-0.2, 0) is 4.79 Å². The summed E-state index contributed by atoms with van der Waals surface area (Å²) in [4.78, 5) is 17.5. The van der Waals surface area contributed by atoms with Crippen molar-refractivity contribution in [3.05, 3.63) is 47.4 Å². The molecule has 0 saturated heterocycles. The number of aromatic hydroxyl groups is 1. The number of hydrogen-bond donors (Lipinski definition) is 2. The minimum Gasteiger partial charge on any atom is -0.494 e. The molecule has 1 aromatic carbocycles. The lowest BCUT2D eigenvalue weighted by molar-refractivity contribution is -0.119. The number of para-hydroxylation sites is 1. The summed E-state index contributed by atoms with van der Waals surface area (Å²) in [7, 11) is 0. The number of carbonyl (C=O) groups is 1. The number of ether oxygens (including phenoxy) is 1. The summed E-state index contributed by atoms with van der Waals surface area (Å²) in [5, 5.41) is 14.3. The van der Waals surface area contributed by atoms with Crippen molar-refractivity contribution in [1.82, 2.24) is 13.9 Å². The minimum absolute atomic E-state index is 0.0613. The first-order valence-corrected chi connectivity index (χ1v) is 11.0. The fourth-order valence-electron chi connectivity index (χ4n) is 3.18. The molecule has 0 unspecified atom stereocenters. The summed E-state index contributed by atoms with van der Waals surface area (Å²) in [5.41, 5.74) is 0. The van der Waals surface area contributed by atoms with Crippen LogP contribution in [0, 0.1) is 5.92 Å². The number of aromatic nitrogens is 3. The summed E-state index contributed by atoms with van der Waals surface area (Å²) in [6.45, 7) is 4.05. The Hall–Kier alpha value is -2.58. The Kier molecular flexibility index (Phi) is 5.97. The number of nitrogens with zero attached hydrogens (tertiary/aromatic N) is 3. The highest BCUT2D eigenvalue weighted by Gasteiger charge is 2.29. The van der Waals surface area contributed by atoms with Crippen LogP contribution in [0.5, 0.6) is 17.4 Å². The molecule has 0 bridgehead atoms. The molecular formula is C21H23ClN4O3S. The standard InChI is InChI=1S/C21H23ClN4O3S/c1-12(2)9-16(20(28)24-21-23-19(25-30-21)13-7-8-13)26-11-14(10-18(26)27)29-17-6-4-3-5-15(17)22/h3-6,10-13,16,27H,7-9H2,1-2H3,(H,23,24,25,28)/t16-/m0/s1. The van der Waals surface area contributed by atoms with Gasteiger partial charge in [0.2, 0.25) is 11.0 Å². The van der Waals surface area contributed by atoms with Gasteiger partial charge in [-0.3, -0.25) is 10.1 Å². The number of anilines is 1. The molecule has 4 rings (SSSR count). The van der Waals surface area contributed by atoms with Gasteiger partial charge in [0, 0.05) is 23.5 Å². The monoisotopic (exact) mass is 446 g/mol. The molecule has 2 N–H and O–H groups in total. The molecule has 1 amide bonds. The smallest absolute Gasteiger partial charge is 0.249 e. The van der Waals surface area contributed by atoms with E-state index in [1.807, 2.05) is 26.0 Å². The molecule has 0 spiro atoms. The molecule has 1 atom stereocenters. The van der Waals surface area contributed by atoms with Crippen LogP contribution in [0.25, 0.3) is 0 Å². The van der Waals surface area contributed by atoms with Crippen LogP contribution in [0.15, 0.2) is 36.5 Å². The molecular weight excluding hydrogens is 424 g/mol. The van der Waals surface area contributed by atoms with Gasteiger partial charge in [-0.25, -0.2) is 4.98 Å². The Morgan fingerprint density at radius 2 is 2.17 bits per heavy atom. The Labute approximate surface area is 183 Å². The summed E-state index contributed by atoms with van der Waals surface area (Å²) in [6, 6.07) is 7.93. The van der Waals surface area contributed by atoms with Crippen molar-refractivity contribution in [2.45, 2.75) is 45.1 Å². The van der Waals surface area contributed by atoms with Crippen LogP contribution in [0.3, 0.4) is 0 Å². The molecule has 0 aliphatic heterocycles. The molecule has 7 nitrogen and oxygen atoms in total. The predicted molar refractivity (Wildman–Crippen MR) is 117 cm³/mol. The molecule has 9 heteroatoms. The Morgan fingerprint density at radius 3 is 2.87 bits per heavy atom. The zero-order chi connectivity index (χ0) is 21.3. The maximum atomic E-state index is 13.1. The number of rotatable bonds is 8. The van der Waals surface area contributed by atoms with Crippen molar-refractivity contribution >= 4 is 34.2 Å². The molecule has 30 heavy (non-hydrogen) atoms. The normalized spacial score (nSPS) is 14.7. The number of amides is 1. The summed E-state index contributed by atoms with van der Waals surface area (Å²) in [6.07, 6.45) is 4.35. The van der Waals surface area contributed by atoms with E-state index < -0.39 is 6.04 Å². The predicted octanol–water partition coefficient (Wildman–Crippen LogP) is 5.59. The molecule has 2 heterocycles. The number of halogens is 1. The van der Waals surface area contributed by atoms with Crippen LogP contribution in [0.1, 0.15) is 50.9 Å². The molecule has 158 valence electrons. The van der Waals surface area contributed by atoms with E-state index in [-0.39, 0.29) is 17.7 Å². The first kappa shape index (κ1) is 20.7. The van der Waals surface area contributed by atoms with Crippen LogP contribution in [0.4, 0.5) is 5.13 Å². The number of carbonyl (C=O) groups excluding carboxylic acids is 1. The highest BCUT2D eigenvalue weighted by molar-refractivity contribution is 7.09. The lowest BCUT2D eigenvalue weighted by Gasteiger charge is -2.20. The molecule has 1 aliphatic carbocycles. The van der Waals surface area contributed by atoms with Gasteiger partial charge < -0.3 is 14.4 Å². The van der Waals surface area contributed by atoms with Gasteiger partial charge in [-0.2, -0.15) is 4.37 Å². The van der Waals surface area contributed by atoms with Gasteiger partial charge in [0.25, 0.3) is 0 Å². The van der Waals surface area contributed by atoms with Crippen LogP contribution in [-0.4, -0.2) is 24.9 Å². The molecule has 1 fully saturated rings. The Balaban J connectivity index is 1.54. The average molecular weight is 447 g/mol. The molecule has 2 aromatic heterocycles. The highest BCUT2D eigenvalue weighted by Crippen LogP contribution is 2.39. The molecule has 1 aliphatic rings. The van der Waals surface area contributed by atoms with E-state index in [2.05, 4.69) is 14.7 Å². The third-order valence-corrected chi connectivity index (χ3v) is 5.77. The van der Waals surface area contributed by atoms with Gasteiger partial charge in [0.15, 0.2) is 5.88 Å². The lowest BCUT2D eigenvalue weighted by Crippen LogP contribution is -2.26. The van der Waals surface area contributed by atoms with Crippen molar-refractivity contribution in [3.8, 4) is 17.4 Å². The van der Waals surface area contributed by atoms with Gasteiger partial charge in [-0.1, -0.05) is 37.6 Å². The van der Waals surface area contributed by atoms with E-state index in [1.54, 1.807) is 18.3 Å². The Bertz CT molecular complexity index is 1040. The van der Waals surface area contributed by atoms with E-state index in [4.69, 9.17) is 16.3 Å². The van der Waals surface area contributed by atoms with E-state index in [0.717, 1.165) is 18.7 Å². The van der Waals surface area contributed by atoms with Crippen molar-refractivity contribution < 1.29 is 14.6 Å². The lowest BCUT2D eigenvalue weighted by atomic mass is 10.0. The van der Waals surface area contributed by atoms with Crippen molar-refractivity contribution in [2.75, 3.05) is 5.32 Å². The fraction of sp³-hybridized carbons (Fsp3) is 0.381. The number of hydrogen-bond acceptors (Lipinski definition) is 6. The average Bonchev–Trinajstić information content (AvgIpc) is 3.34. The summed E-state index contributed by atoms with van der Waals surface area (Å²) in [5.74, 6) is 2.01. The van der Waals surface area contributed by atoms with Gasteiger partial charge in [-0.15, -0.1) is 0 Å². The van der Waals surface area contributed by atoms with E-state index in [1.165, 1.54) is 22.2 Å². The van der Waals surface area contributed by atoms with Gasteiger partial charge in [-0.05, 0) is 37.3 Å². The third-order valence-electron chi connectivity index (χ3n) is 4.81. The van der Waals surface area contributed by atoms with Crippen molar-refractivity contribution in [1.29, 1.82) is 0 Å². The minimum atomic E-state index is -0.623. The molecule has 1 saturated carbocycles. The second-order valence-electron chi connectivity index (χ2n) is 7.84. The summed E-state index contributed by atoms with van der Waals surface area (Å²) >= 11 is 7.34. The number of benzene rings is 1. The van der Waals surface area contributed by atoms with Crippen LogP contribution >= 0.6 is 23.1 Å². The van der Waals surface area contributed by atoms with Gasteiger partial charge in [0.05, 0.1) is 11.2 Å². The maximum absolute atomic E-state index is 13.1. The summed E-state index contributed by atoms with van der Waals surface area (Å²) < 4.78 is 11.6. The van der Waals surface area contributed by atoms with E-state index in [9.17, 15) is 9.90 Å². The maximum Gasteiger partial charge on any atom is 0.249 e. The second kappa shape index (κ2) is 8.65. The topological polar surface area (TPSA) is 89.3 Å². The third kappa shape index (κ3) is 4.76. The largest absolute Gasteiger partial charge is 0.494 e.